The van der Waals surface area contributed by atoms with Gasteiger partial charge in [0.05, 0.1) is 40.2 Å². The van der Waals surface area contributed by atoms with E-state index in [-0.39, 0.29) is 12.1 Å². The molecule has 0 spiro atoms. The number of benzene rings is 2. The molecule has 0 radical (unpaired) electrons. The van der Waals surface area contributed by atoms with Crippen molar-refractivity contribution < 1.29 is 19.0 Å². The highest BCUT2D eigenvalue weighted by molar-refractivity contribution is 6.32. The first-order valence-electron chi connectivity index (χ1n) is 11.1. The fraction of sp³-hybridized carbons (Fsp3) is 0.360. The monoisotopic (exact) mass is 498 g/mol. The minimum Gasteiger partial charge on any atom is -0.490 e. The lowest BCUT2D eigenvalue weighted by molar-refractivity contribution is -0.155. The molecule has 4 aromatic rings. The summed E-state index contributed by atoms with van der Waals surface area (Å²) < 4.78 is 17.2. The van der Waals surface area contributed by atoms with Crippen LogP contribution < -0.4 is 10.3 Å². The van der Waals surface area contributed by atoms with E-state index in [0.29, 0.717) is 58.2 Å². The molecule has 0 atom stereocenters. The third-order valence-corrected chi connectivity index (χ3v) is 5.40. The highest BCUT2D eigenvalue weighted by Gasteiger charge is 2.20. The van der Waals surface area contributed by atoms with E-state index in [2.05, 4.69) is 15.1 Å². The first-order valence-corrected chi connectivity index (χ1v) is 11.5. The number of ether oxygens (including phenoxy) is 3. The Kier molecular flexibility index (Phi) is 7.09. The van der Waals surface area contributed by atoms with E-state index < -0.39 is 11.6 Å². The maximum atomic E-state index is 13.0. The zero-order valence-corrected chi connectivity index (χ0v) is 20.8. The van der Waals surface area contributed by atoms with Crippen molar-refractivity contribution in [3.63, 3.8) is 0 Å². The third kappa shape index (κ3) is 5.80. The van der Waals surface area contributed by atoms with Crippen molar-refractivity contribution in [2.75, 3.05) is 20.3 Å². The predicted octanol–water partition coefficient (Wildman–Crippen LogP) is 3.88. The van der Waals surface area contributed by atoms with Crippen LogP contribution in [-0.4, -0.2) is 51.6 Å². The molecule has 0 saturated heterocycles. The number of carbonyl (C=O) groups excluding carboxylic acids is 1. The molecule has 4 rings (SSSR count). The Labute approximate surface area is 207 Å². The summed E-state index contributed by atoms with van der Waals surface area (Å²) in [6, 6.07) is 10.7. The van der Waals surface area contributed by atoms with Gasteiger partial charge in [-0.15, -0.1) is 0 Å². The Balaban J connectivity index is 1.68. The molecule has 0 unspecified atom stereocenters. The van der Waals surface area contributed by atoms with Gasteiger partial charge in [0.2, 0.25) is 0 Å². The Morgan fingerprint density at radius 1 is 1.14 bits per heavy atom. The predicted molar refractivity (Wildman–Crippen MR) is 133 cm³/mol. The Bertz CT molecular complexity index is 1440. The molecule has 10 heteroatoms. The van der Waals surface area contributed by atoms with Crippen molar-refractivity contribution in [3.8, 4) is 5.75 Å². The van der Waals surface area contributed by atoms with Crippen LogP contribution in [0.15, 0.2) is 41.2 Å². The van der Waals surface area contributed by atoms with Gasteiger partial charge in [0, 0.05) is 18.6 Å². The number of nitrogens with zero attached hydrogens (tertiary/aromatic N) is 3. The van der Waals surface area contributed by atoms with Gasteiger partial charge in [-0.25, -0.2) is 9.67 Å². The van der Waals surface area contributed by atoms with Gasteiger partial charge in [0.25, 0.3) is 5.56 Å². The molecule has 0 amide bonds. The molecule has 0 bridgehead atoms. The molecular weight excluding hydrogens is 472 g/mol. The first kappa shape index (κ1) is 24.7. The van der Waals surface area contributed by atoms with Gasteiger partial charge < -0.3 is 19.2 Å². The van der Waals surface area contributed by atoms with E-state index in [4.69, 9.17) is 25.8 Å². The van der Waals surface area contributed by atoms with Crippen LogP contribution in [0.3, 0.4) is 0 Å². The summed E-state index contributed by atoms with van der Waals surface area (Å²) in [6.07, 6.45) is 0.307. The molecule has 0 aliphatic rings. The molecule has 2 heterocycles. The maximum absolute atomic E-state index is 13.0. The third-order valence-electron chi connectivity index (χ3n) is 5.11. The summed E-state index contributed by atoms with van der Waals surface area (Å²) in [5.74, 6) is 0.613. The van der Waals surface area contributed by atoms with Gasteiger partial charge in [0.15, 0.2) is 0 Å². The fourth-order valence-corrected chi connectivity index (χ4v) is 3.91. The van der Waals surface area contributed by atoms with Crippen molar-refractivity contribution in [1.29, 1.82) is 0 Å². The number of methoxy groups -OCH3 is 1. The number of nitrogens with one attached hydrogen (secondary N) is 1. The van der Waals surface area contributed by atoms with Crippen LogP contribution in [0.25, 0.3) is 21.8 Å². The summed E-state index contributed by atoms with van der Waals surface area (Å²) in [4.78, 5) is 33.3. The molecule has 0 fully saturated rings. The minimum absolute atomic E-state index is 0.286. The van der Waals surface area contributed by atoms with Crippen molar-refractivity contribution >= 4 is 39.4 Å². The molecule has 0 saturated carbocycles. The SMILES string of the molecule is COCCOc1cc2nc(Cc3nn(CC(=O)OC(C)(C)C)c(=O)c4ccccc34)[nH]c2cc1Cl. The van der Waals surface area contributed by atoms with Gasteiger partial charge in [0.1, 0.15) is 30.3 Å². The smallest absolute Gasteiger partial charge is 0.328 e. The highest BCUT2D eigenvalue weighted by Crippen LogP contribution is 2.29. The molecule has 1 N–H and O–H groups in total. The number of aromatic amines is 1. The van der Waals surface area contributed by atoms with E-state index in [1.165, 1.54) is 0 Å². The number of halogens is 1. The first-order chi connectivity index (χ1) is 16.6. The Hall–Kier alpha value is -3.43. The molecule has 184 valence electrons. The average molecular weight is 499 g/mol. The quantitative estimate of drug-likeness (QED) is 0.290. The lowest BCUT2D eigenvalue weighted by atomic mass is 10.1. The summed E-state index contributed by atoms with van der Waals surface area (Å²) in [5.41, 5.74) is 1.01. The van der Waals surface area contributed by atoms with E-state index in [0.717, 1.165) is 10.2 Å². The number of imidazole rings is 1. The van der Waals surface area contributed by atoms with Crippen LogP contribution in [-0.2, 0) is 27.2 Å². The van der Waals surface area contributed by atoms with Crippen LogP contribution in [0.4, 0.5) is 0 Å². The number of esters is 1. The average Bonchev–Trinajstić information content (AvgIpc) is 3.17. The normalized spacial score (nSPS) is 11.8. The number of hydrogen-bond donors (Lipinski definition) is 1. The Morgan fingerprint density at radius 2 is 1.89 bits per heavy atom. The second-order valence-electron chi connectivity index (χ2n) is 9.04. The number of fused-ring (bicyclic) bond motifs is 2. The lowest BCUT2D eigenvalue weighted by Crippen LogP contribution is -2.32. The minimum atomic E-state index is -0.665. The summed E-state index contributed by atoms with van der Waals surface area (Å²) in [6.45, 7) is 5.84. The van der Waals surface area contributed by atoms with Gasteiger partial charge in [-0.1, -0.05) is 29.8 Å². The van der Waals surface area contributed by atoms with E-state index in [1.54, 1.807) is 52.1 Å². The van der Waals surface area contributed by atoms with Gasteiger partial charge in [-0.2, -0.15) is 5.10 Å². The van der Waals surface area contributed by atoms with Crippen LogP contribution >= 0.6 is 11.6 Å². The number of aromatic nitrogens is 4. The van der Waals surface area contributed by atoms with Crippen LogP contribution in [0.5, 0.6) is 5.75 Å². The molecule has 2 aromatic carbocycles. The molecule has 0 aliphatic heterocycles. The van der Waals surface area contributed by atoms with Crippen molar-refractivity contribution in [2.45, 2.75) is 39.3 Å². The topological polar surface area (TPSA) is 108 Å². The van der Waals surface area contributed by atoms with Gasteiger partial charge in [-0.3, -0.25) is 9.59 Å². The number of rotatable bonds is 8. The van der Waals surface area contributed by atoms with E-state index >= 15 is 0 Å². The highest BCUT2D eigenvalue weighted by atomic mass is 35.5. The largest absolute Gasteiger partial charge is 0.490 e. The summed E-state index contributed by atoms with van der Waals surface area (Å²) >= 11 is 6.35. The van der Waals surface area contributed by atoms with Crippen molar-refractivity contribution in [1.82, 2.24) is 19.7 Å². The lowest BCUT2D eigenvalue weighted by Gasteiger charge is -2.19. The van der Waals surface area contributed by atoms with Gasteiger partial charge in [-0.05, 0) is 32.9 Å². The number of carbonyl (C=O) groups is 1. The van der Waals surface area contributed by atoms with Crippen molar-refractivity contribution in [2.24, 2.45) is 0 Å². The van der Waals surface area contributed by atoms with Gasteiger partial charge >= 0.3 is 5.97 Å². The van der Waals surface area contributed by atoms with Crippen molar-refractivity contribution in [3.05, 3.63) is 63.3 Å². The molecule has 2 aromatic heterocycles. The molecule has 0 aliphatic carbocycles. The maximum Gasteiger partial charge on any atom is 0.328 e. The zero-order valence-electron chi connectivity index (χ0n) is 20.1. The number of hydrogen-bond acceptors (Lipinski definition) is 7. The van der Waals surface area contributed by atoms with E-state index in [9.17, 15) is 9.59 Å². The van der Waals surface area contributed by atoms with Crippen LogP contribution in [0.1, 0.15) is 32.3 Å². The standard InChI is InChI=1S/C25H27ClN4O5/c1-25(2,3)35-23(31)14-30-24(32)16-8-6-5-7-15(16)18(29-30)13-22-27-19-11-17(26)21(12-20(19)28-22)34-10-9-33-4/h5-8,11-12H,9-10,13-14H2,1-4H3,(H,27,28). The summed E-state index contributed by atoms with van der Waals surface area (Å²) in [7, 11) is 1.60. The van der Waals surface area contributed by atoms with Crippen LogP contribution in [0, 0.1) is 0 Å². The molecular formula is C25H27ClN4O5. The fourth-order valence-electron chi connectivity index (χ4n) is 3.69. The zero-order chi connectivity index (χ0) is 25.2. The second-order valence-corrected chi connectivity index (χ2v) is 9.45. The summed E-state index contributed by atoms with van der Waals surface area (Å²) in [5, 5.41) is 6.12. The van der Waals surface area contributed by atoms with E-state index in [1.807, 2.05) is 12.1 Å². The number of H-pyrrole nitrogens is 1. The van der Waals surface area contributed by atoms with Crippen LogP contribution in [0.2, 0.25) is 5.02 Å². The molecule has 35 heavy (non-hydrogen) atoms. The molecule has 9 nitrogen and oxygen atoms in total. The Morgan fingerprint density at radius 3 is 2.60 bits per heavy atom. The second kappa shape index (κ2) is 10.1.